The zero-order valence-corrected chi connectivity index (χ0v) is 13.8. The topological polar surface area (TPSA) is 46.4 Å². The van der Waals surface area contributed by atoms with Crippen LogP contribution in [0.3, 0.4) is 0 Å². The van der Waals surface area contributed by atoms with E-state index >= 15 is 0 Å². The van der Waals surface area contributed by atoms with Gasteiger partial charge in [0.15, 0.2) is 0 Å². The fraction of sp³-hybridized carbons (Fsp3) is 0.600. The Balaban J connectivity index is 2.21. The highest BCUT2D eigenvalue weighted by Crippen LogP contribution is 2.39. The Hall–Kier alpha value is -1.10. The molecular weight excluding hydrogens is 320 g/mol. The van der Waals surface area contributed by atoms with Gasteiger partial charge >= 0.3 is 0 Å². The number of benzene rings is 1. The molecular formula is C15H21BrN2O2. The number of halogens is 1. The number of nitro benzene ring substituents is 1. The molecule has 0 aliphatic heterocycles. The molecule has 0 atom stereocenters. The fourth-order valence-electron chi connectivity index (χ4n) is 2.91. The Morgan fingerprint density at radius 1 is 1.35 bits per heavy atom. The SMILES string of the molecule is CN(c1ccc(Br)cc1[N+](=O)[O-])C1CCC(C)(C)CC1. The molecule has 0 N–H and O–H groups in total. The van der Waals surface area contributed by atoms with E-state index in [1.165, 1.54) is 12.8 Å². The van der Waals surface area contributed by atoms with E-state index in [-0.39, 0.29) is 10.6 Å². The van der Waals surface area contributed by atoms with Crippen LogP contribution in [0.2, 0.25) is 0 Å². The number of nitrogens with zero attached hydrogens (tertiary/aromatic N) is 2. The predicted octanol–water partition coefficient (Wildman–Crippen LogP) is 4.76. The smallest absolute Gasteiger partial charge is 0.293 e. The van der Waals surface area contributed by atoms with Crippen LogP contribution < -0.4 is 4.90 Å². The first-order valence-electron chi connectivity index (χ1n) is 6.97. The Bertz CT molecular complexity index is 507. The first-order chi connectivity index (χ1) is 9.30. The summed E-state index contributed by atoms with van der Waals surface area (Å²) >= 11 is 3.30. The summed E-state index contributed by atoms with van der Waals surface area (Å²) in [5.74, 6) is 0. The molecule has 0 radical (unpaired) electrons. The molecule has 0 bridgehead atoms. The van der Waals surface area contributed by atoms with Crippen LogP contribution in [0.1, 0.15) is 39.5 Å². The van der Waals surface area contributed by atoms with E-state index in [9.17, 15) is 10.1 Å². The van der Waals surface area contributed by atoms with Gasteiger partial charge in [0.05, 0.1) is 4.92 Å². The van der Waals surface area contributed by atoms with Crippen LogP contribution in [0.25, 0.3) is 0 Å². The largest absolute Gasteiger partial charge is 0.366 e. The Morgan fingerprint density at radius 2 is 1.95 bits per heavy atom. The molecule has 0 heterocycles. The van der Waals surface area contributed by atoms with Crippen molar-refractivity contribution >= 4 is 27.3 Å². The lowest BCUT2D eigenvalue weighted by molar-refractivity contribution is -0.384. The van der Waals surface area contributed by atoms with Gasteiger partial charge in [0, 0.05) is 23.6 Å². The van der Waals surface area contributed by atoms with Crippen molar-refractivity contribution in [2.45, 2.75) is 45.6 Å². The molecule has 110 valence electrons. The molecule has 1 saturated carbocycles. The summed E-state index contributed by atoms with van der Waals surface area (Å²) < 4.78 is 0.742. The second-order valence-corrected chi connectivity index (χ2v) is 7.31. The highest BCUT2D eigenvalue weighted by Gasteiger charge is 2.30. The monoisotopic (exact) mass is 340 g/mol. The standard InChI is InChI=1S/C15H21BrN2O2/c1-15(2)8-6-12(7-9-15)17(3)13-5-4-11(16)10-14(13)18(19)20/h4-5,10,12H,6-9H2,1-3H3. The van der Waals surface area contributed by atoms with Crippen molar-refractivity contribution in [3.05, 3.63) is 32.8 Å². The second-order valence-electron chi connectivity index (χ2n) is 6.40. The summed E-state index contributed by atoms with van der Waals surface area (Å²) in [5.41, 5.74) is 1.29. The van der Waals surface area contributed by atoms with Crippen molar-refractivity contribution in [1.29, 1.82) is 0 Å². The molecule has 5 heteroatoms. The Labute approximate surface area is 128 Å². The van der Waals surface area contributed by atoms with Crippen LogP contribution in [-0.2, 0) is 0 Å². The minimum Gasteiger partial charge on any atom is -0.366 e. The molecule has 4 nitrogen and oxygen atoms in total. The van der Waals surface area contributed by atoms with Crippen LogP contribution in [-0.4, -0.2) is 18.0 Å². The van der Waals surface area contributed by atoms with Crippen molar-refractivity contribution < 1.29 is 4.92 Å². The van der Waals surface area contributed by atoms with E-state index in [0.717, 1.165) is 17.3 Å². The van der Waals surface area contributed by atoms with Crippen LogP contribution in [0.5, 0.6) is 0 Å². The van der Waals surface area contributed by atoms with Gasteiger partial charge in [-0.05, 0) is 43.2 Å². The van der Waals surface area contributed by atoms with Crippen LogP contribution in [0.4, 0.5) is 11.4 Å². The highest BCUT2D eigenvalue weighted by atomic mass is 79.9. The number of hydrogen-bond acceptors (Lipinski definition) is 3. The van der Waals surface area contributed by atoms with Crippen molar-refractivity contribution in [3.8, 4) is 0 Å². The Morgan fingerprint density at radius 3 is 2.50 bits per heavy atom. The second kappa shape index (κ2) is 5.72. The minimum absolute atomic E-state index is 0.173. The van der Waals surface area contributed by atoms with Crippen molar-refractivity contribution in [1.82, 2.24) is 0 Å². The van der Waals surface area contributed by atoms with Gasteiger partial charge < -0.3 is 4.90 Å². The molecule has 1 aliphatic rings. The van der Waals surface area contributed by atoms with E-state index in [2.05, 4.69) is 34.7 Å². The molecule has 0 aromatic heterocycles. The van der Waals surface area contributed by atoms with Gasteiger partial charge in [-0.3, -0.25) is 10.1 Å². The van der Waals surface area contributed by atoms with Crippen LogP contribution in [0, 0.1) is 15.5 Å². The predicted molar refractivity (Wildman–Crippen MR) is 85.2 cm³/mol. The Kier molecular flexibility index (Phi) is 4.37. The average molecular weight is 341 g/mol. The van der Waals surface area contributed by atoms with Gasteiger partial charge in [0.25, 0.3) is 5.69 Å². The van der Waals surface area contributed by atoms with E-state index in [4.69, 9.17) is 0 Å². The third-order valence-electron chi connectivity index (χ3n) is 4.37. The van der Waals surface area contributed by atoms with Crippen molar-refractivity contribution in [2.24, 2.45) is 5.41 Å². The zero-order chi connectivity index (χ0) is 14.9. The van der Waals surface area contributed by atoms with Gasteiger partial charge in [-0.1, -0.05) is 29.8 Å². The maximum absolute atomic E-state index is 11.2. The van der Waals surface area contributed by atoms with Gasteiger partial charge in [-0.25, -0.2) is 0 Å². The molecule has 0 saturated heterocycles. The maximum atomic E-state index is 11.2. The highest BCUT2D eigenvalue weighted by molar-refractivity contribution is 9.10. The molecule has 1 aromatic carbocycles. The summed E-state index contributed by atoms with van der Waals surface area (Å²) in [6.45, 7) is 4.59. The number of hydrogen-bond donors (Lipinski definition) is 0. The summed E-state index contributed by atoms with van der Waals surface area (Å²) in [6.07, 6.45) is 4.53. The van der Waals surface area contributed by atoms with E-state index in [1.54, 1.807) is 6.07 Å². The first kappa shape index (κ1) is 15.3. The van der Waals surface area contributed by atoms with Crippen LogP contribution >= 0.6 is 15.9 Å². The van der Waals surface area contributed by atoms with Gasteiger partial charge in [-0.15, -0.1) is 0 Å². The molecule has 1 aliphatic carbocycles. The van der Waals surface area contributed by atoms with E-state index < -0.39 is 0 Å². The van der Waals surface area contributed by atoms with Gasteiger partial charge in [0.1, 0.15) is 5.69 Å². The lowest BCUT2D eigenvalue weighted by Gasteiger charge is -2.39. The molecule has 1 fully saturated rings. The number of nitro groups is 1. The number of anilines is 1. The summed E-state index contributed by atoms with van der Waals surface area (Å²) in [7, 11) is 1.97. The summed E-state index contributed by atoms with van der Waals surface area (Å²) in [5, 5.41) is 11.2. The molecule has 2 rings (SSSR count). The normalized spacial score (nSPS) is 18.8. The molecule has 20 heavy (non-hydrogen) atoms. The van der Waals surface area contributed by atoms with Gasteiger partial charge in [-0.2, -0.15) is 0 Å². The maximum Gasteiger partial charge on any atom is 0.293 e. The third kappa shape index (κ3) is 3.32. The molecule has 0 amide bonds. The fourth-order valence-corrected chi connectivity index (χ4v) is 3.26. The summed E-state index contributed by atoms with van der Waals surface area (Å²) in [4.78, 5) is 13.0. The van der Waals surface area contributed by atoms with Gasteiger partial charge in [0.2, 0.25) is 0 Å². The van der Waals surface area contributed by atoms with Crippen molar-refractivity contribution in [3.63, 3.8) is 0 Å². The molecule has 0 unspecified atom stereocenters. The minimum atomic E-state index is -0.302. The lowest BCUT2D eigenvalue weighted by Crippen LogP contribution is -2.37. The van der Waals surface area contributed by atoms with Crippen LogP contribution in [0.15, 0.2) is 22.7 Å². The van der Waals surface area contributed by atoms with Crippen molar-refractivity contribution in [2.75, 3.05) is 11.9 Å². The third-order valence-corrected chi connectivity index (χ3v) is 4.86. The zero-order valence-electron chi connectivity index (χ0n) is 12.2. The summed E-state index contributed by atoms with van der Waals surface area (Å²) in [6, 6.07) is 5.68. The lowest BCUT2D eigenvalue weighted by atomic mass is 9.75. The molecule has 1 aromatic rings. The van der Waals surface area contributed by atoms with E-state index in [0.29, 0.717) is 17.1 Å². The average Bonchev–Trinajstić information content (AvgIpc) is 2.37. The molecule has 0 spiro atoms. The number of rotatable bonds is 3. The first-order valence-corrected chi connectivity index (χ1v) is 7.76. The van der Waals surface area contributed by atoms with E-state index in [1.807, 2.05) is 19.2 Å². The quantitative estimate of drug-likeness (QED) is 0.588.